The minimum atomic E-state index is -0.580. The topological polar surface area (TPSA) is 80.0 Å². The molecule has 4 rings (SSSR count). The number of carbonyl (C=O) groups excluding carboxylic acids is 1. The summed E-state index contributed by atoms with van der Waals surface area (Å²) in [4.78, 5) is 27.0. The average Bonchev–Trinajstić information content (AvgIpc) is 2.75. The fourth-order valence-electron chi connectivity index (χ4n) is 3.88. The predicted molar refractivity (Wildman–Crippen MR) is 109 cm³/mol. The van der Waals surface area contributed by atoms with Crippen LogP contribution in [0.15, 0.2) is 57.7 Å². The molecule has 3 aromatic rings. The Hall–Kier alpha value is -3.12. The van der Waals surface area contributed by atoms with Crippen molar-refractivity contribution in [2.75, 3.05) is 26.3 Å². The van der Waals surface area contributed by atoms with E-state index in [0.717, 1.165) is 16.3 Å². The molecule has 1 amide bonds. The van der Waals surface area contributed by atoms with Gasteiger partial charge in [0.1, 0.15) is 5.76 Å². The van der Waals surface area contributed by atoms with E-state index in [4.69, 9.17) is 9.15 Å². The number of fused-ring (bicyclic) bond motifs is 1. The van der Waals surface area contributed by atoms with Crippen LogP contribution in [0, 0.1) is 6.92 Å². The number of amides is 1. The number of morpholine rings is 1. The summed E-state index contributed by atoms with van der Waals surface area (Å²) < 4.78 is 11.1. The molecule has 1 aliphatic rings. The third-order valence-corrected chi connectivity index (χ3v) is 5.33. The highest BCUT2D eigenvalue weighted by Crippen LogP contribution is 2.37. The molecule has 0 saturated carbocycles. The van der Waals surface area contributed by atoms with Crippen LogP contribution in [0.5, 0.6) is 5.75 Å². The molecule has 1 fully saturated rings. The van der Waals surface area contributed by atoms with Gasteiger partial charge >= 0.3 is 0 Å². The maximum absolute atomic E-state index is 13.0. The van der Waals surface area contributed by atoms with E-state index >= 15 is 0 Å². The molecule has 0 radical (unpaired) electrons. The number of carbonyl (C=O) groups is 1. The molecule has 6 nitrogen and oxygen atoms in total. The van der Waals surface area contributed by atoms with Crippen LogP contribution >= 0.6 is 0 Å². The molecule has 1 aromatic heterocycles. The molecule has 1 aliphatic heterocycles. The molecule has 2 aromatic carbocycles. The first-order valence-electron chi connectivity index (χ1n) is 9.71. The van der Waals surface area contributed by atoms with Crippen LogP contribution < -0.4 is 5.43 Å². The third-order valence-electron chi connectivity index (χ3n) is 5.33. The van der Waals surface area contributed by atoms with Crippen LogP contribution in [-0.2, 0) is 9.53 Å². The quantitative estimate of drug-likeness (QED) is 0.736. The monoisotopic (exact) mass is 393 g/mol. The van der Waals surface area contributed by atoms with Crippen LogP contribution in [0.3, 0.4) is 0 Å². The van der Waals surface area contributed by atoms with Crippen LogP contribution in [0.2, 0.25) is 0 Å². The molecule has 0 unspecified atom stereocenters. The second-order valence-corrected chi connectivity index (χ2v) is 7.25. The van der Waals surface area contributed by atoms with Gasteiger partial charge in [0, 0.05) is 25.6 Å². The lowest BCUT2D eigenvalue weighted by Gasteiger charge is -2.29. The van der Waals surface area contributed by atoms with Crippen molar-refractivity contribution in [3.05, 3.63) is 75.8 Å². The minimum absolute atomic E-state index is 0.0604. The van der Waals surface area contributed by atoms with Gasteiger partial charge in [-0.1, -0.05) is 42.5 Å². The Balaban J connectivity index is 1.83. The van der Waals surface area contributed by atoms with Gasteiger partial charge in [-0.2, -0.15) is 0 Å². The normalized spacial score (nSPS) is 15.4. The van der Waals surface area contributed by atoms with E-state index in [0.29, 0.717) is 32.1 Å². The summed E-state index contributed by atoms with van der Waals surface area (Å²) in [5.74, 6) is -0.554. The first kappa shape index (κ1) is 19.2. The van der Waals surface area contributed by atoms with Gasteiger partial charge < -0.3 is 19.2 Å². The fourth-order valence-corrected chi connectivity index (χ4v) is 3.88. The largest absolute Gasteiger partial charge is 0.502 e. The van der Waals surface area contributed by atoms with Crippen molar-refractivity contribution < 1.29 is 19.1 Å². The van der Waals surface area contributed by atoms with Crippen LogP contribution in [0.25, 0.3) is 10.8 Å². The van der Waals surface area contributed by atoms with Crippen molar-refractivity contribution in [2.45, 2.75) is 19.3 Å². The molecule has 1 saturated heterocycles. The zero-order valence-electron chi connectivity index (χ0n) is 16.3. The summed E-state index contributed by atoms with van der Waals surface area (Å²) in [6.07, 6.45) is 0.0912. The van der Waals surface area contributed by atoms with Gasteiger partial charge in [0.05, 0.1) is 19.1 Å². The molecular weight excluding hydrogens is 370 g/mol. The summed E-state index contributed by atoms with van der Waals surface area (Å²) in [6, 6.07) is 14.9. The molecule has 0 bridgehead atoms. The van der Waals surface area contributed by atoms with Gasteiger partial charge in [0.25, 0.3) is 0 Å². The van der Waals surface area contributed by atoms with E-state index in [1.165, 1.54) is 6.07 Å². The Labute approximate surface area is 168 Å². The number of ether oxygens (including phenoxy) is 1. The molecule has 1 atom stereocenters. The highest BCUT2D eigenvalue weighted by Gasteiger charge is 2.29. The second-order valence-electron chi connectivity index (χ2n) is 7.25. The summed E-state index contributed by atoms with van der Waals surface area (Å²) in [6.45, 7) is 3.74. The average molecular weight is 393 g/mol. The molecule has 29 heavy (non-hydrogen) atoms. The highest BCUT2D eigenvalue weighted by atomic mass is 16.5. The fraction of sp³-hybridized carbons (Fsp3) is 0.304. The van der Waals surface area contributed by atoms with Crippen molar-refractivity contribution in [1.29, 1.82) is 0 Å². The lowest BCUT2D eigenvalue weighted by atomic mass is 9.88. The van der Waals surface area contributed by atoms with E-state index in [1.54, 1.807) is 11.8 Å². The number of aryl methyl sites for hydroxylation is 1. The zero-order chi connectivity index (χ0) is 20.4. The Morgan fingerprint density at radius 3 is 2.66 bits per heavy atom. The molecule has 2 heterocycles. The number of benzene rings is 2. The van der Waals surface area contributed by atoms with Crippen molar-refractivity contribution in [3.8, 4) is 5.75 Å². The maximum atomic E-state index is 13.0. The van der Waals surface area contributed by atoms with E-state index in [1.807, 2.05) is 42.5 Å². The summed E-state index contributed by atoms with van der Waals surface area (Å²) in [5, 5.41) is 12.5. The number of nitrogens with zero attached hydrogens (tertiary/aromatic N) is 1. The molecular formula is C23H23NO5. The Morgan fingerprint density at radius 1 is 1.14 bits per heavy atom. The Bertz CT molecular complexity index is 1090. The van der Waals surface area contributed by atoms with E-state index in [-0.39, 0.29) is 18.1 Å². The second kappa shape index (κ2) is 8.09. The van der Waals surface area contributed by atoms with Gasteiger partial charge in [-0.25, -0.2) is 0 Å². The lowest BCUT2D eigenvalue weighted by molar-refractivity contribution is -0.135. The Morgan fingerprint density at radius 2 is 1.86 bits per heavy atom. The summed E-state index contributed by atoms with van der Waals surface area (Å²) in [7, 11) is 0. The lowest BCUT2D eigenvalue weighted by Crippen LogP contribution is -2.41. The molecule has 0 spiro atoms. The molecule has 0 aliphatic carbocycles. The van der Waals surface area contributed by atoms with E-state index in [2.05, 4.69) is 0 Å². The van der Waals surface area contributed by atoms with Crippen LogP contribution in [0.1, 0.15) is 29.4 Å². The van der Waals surface area contributed by atoms with Crippen LogP contribution in [-0.4, -0.2) is 42.2 Å². The molecule has 6 heteroatoms. The van der Waals surface area contributed by atoms with Gasteiger partial charge in [-0.05, 0) is 23.3 Å². The summed E-state index contributed by atoms with van der Waals surface area (Å²) >= 11 is 0. The van der Waals surface area contributed by atoms with Crippen molar-refractivity contribution in [1.82, 2.24) is 4.90 Å². The summed E-state index contributed by atoms with van der Waals surface area (Å²) in [5.41, 5.74) is 0.335. The first-order chi connectivity index (χ1) is 14.0. The van der Waals surface area contributed by atoms with Gasteiger partial charge in [-0.15, -0.1) is 0 Å². The van der Waals surface area contributed by atoms with Crippen molar-refractivity contribution >= 4 is 16.7 Å². The maximum Gasteiger partial charge on any atom is 0.227 e. The highest BCUT2D eigenvalue weighted by molar-refractivity contribution is 5.88. The SMILES string of the molecule is Cc1cc(=O)c(O)c([C@@H](CC(=O)N2CCOCC2)c2cccc3ccccc23)o1. The number of hydrogen-bond acceptors (Lipinski definition) is 5. The predicted octanol–water partition coefficient (Wildman–Crippen LogP) is 3.19. The zero-order valence-corrected chi connectivity index (χ0v) is 16.3. The smallest absolute Gasteiger partial charge is 0.227 e. The number of hydrogen-bond donors (Lipinski definition) is 1. The van der Waals surface area contributed by atoms with Gasteiger partial charge in [0.15, 0.2) is 5.76 Å². The third kappa shape index (κ3) is 3.89. The minimum Gasteiger partial charge on any atom is -0.502 e. The van der Waals surface area contributed by atoms with E-state index in [9.17, 15) is 14.7 Å². The van der Waals surface area contributed by atoms with Gasteiger partial charge in [0.2, 0.25) is 17.1 Å². The van der Waals surface area contributed by atoms with Crippen LogP contribution in [0.4, 0.5) is 0 Å². The number of aromatic hydroxyl groups is 1. The first-order valence-corrected chi connectivity index (χ1v) is 9.71. The number of rotatable bonds is 4. The van der Waals surface area contributed by atoms with Crippen molar-refractivity contribution in [2.24, 2.45) is 0 Å². The van der Waals surface area contributed by atoms with Crippen molar-refractivity contribution in [3.63, 3.8) is 0 Å². The van der Waals surface area contributed by atoms with Gasteiger partial charge in [-0.3, -0.25) is 9.59 Å². The standard InChI is InChI=1S/C23H23NO5/c1-15-13-20(25)22(27)23(29-15)19(14-21(26)24-9-11-28-12-10-24)18-8-4-6-16-5-2-3-7-17(16)18/h2-8,13,19,27H,9-12,14H2,1H3/t19-/m0/s1. The molecule has 150 valence electrons. The molecule has 1 N–H and O–H groups in total. The Kier molecular flexibility index (Phi) is 5.36. The van der Waals surface area contributed by atoms with E-state index < -0.39 is 17.1 Å².